The number of aromatic nitrogens is 4. The van der Waals surface area contributed by atoms with E-state index >= 15 is 0 Å². The molecular formula is C22H16BrClF3N7O. The van der Waals surface area contributed by atoms with E-state index in [1.54, 1.807) is 36.5 Å². The van der Waals surface area contributed by atoms with Crippen molar-refractivity contribution < 1.29 is 18.0 Å². The van der Waals surface area contributed by atoms with Gasteiger partial charge in [-0.05, 0) is 70.9 Å². The summed E-state index contributed by atoms with van der Waals surface area (Å²) in [6.45, 7) is 1.82. The first kappa shape index (κ1) is 24.5. The van der Waals surface area contributed by atoms with E-state index in [4.69, 9.17) is 11.6 Å². The van der Waals surface area contributed by atoms with Crippen molar-refractivity contribution in [1.29, 1.82) is 0 Å². The summed E-state index contributed by atoms with van der Waals surface area (Å²) in [5.41, 5.74) is 0.857. The van der Waals surface area contributed by atoms with Crippen molar-refractivity contribution in [3.63, 3.8) is 0 Å². The lowest BCUT2D eigenvalue weighted by molar-refractivity contribution is -0.137. The molecule has 0 spiro atoms. The van der Waals surface area contributed by atoms with Crippen molar-refractivity contribution in [2.24, 2.45) is 0 Å². The summed E-state index contributed by atoms with van der Waals surface area (Å²) in [6, 6.07) is 11.0. The number of hydrogen-bond donors (Lipinski definition) is 4. The highest BCUT2D eigenvalue weighted by Gasteiger charge is 2.33. The van der Waals surface area contributed by atoms with Gasteiger partial charge in [0, 0.05) is 29.2 Å². The number of anilines is 4. The van der Waals surface area contributed by atoms with Crippen LogP contribution in [-0.2, 0) is 6.18 Å². The lowest BCUT2D eigenvalue weighted by Crippen LogP contribution is -2.20. The number of halogens is 5. The zero-order valence-corrected chi connectivity index (χ0v) is 20.2. The Balaban J connectivity index is 1.46. The minimum Gasteiger partial charge on any atom is -0.323 e. The molecular weight excluding hydrogens is 551 g/mol. The van der Waals surface area contributed by atoms with Gasteiger partial charge in [0.15, 0.2) is 11.6 Å². The molecule has 4 rings (SSSR count). The smallest absolute Gasteiger partial charge is 0.323 e. The molecule has 0 saturated heterocycles. The molecule has 2 aromatic heterocycles. The average Bonchev–Trinajstić information content (AvgIpc) is 3.19. The molecule has 0 aliphatic carbocycles. The van der Waals surface area contributed by atoms with Crippen LogP contribution in [0.15, 0.2) is 59.3 Å². The molecule has 4 N–H and O–H groups in total. The topological polar surface area (TPSA) is 108 Å². The SMILES string of the molecule is Cc1cc(NC(=O)Nc2ccc(Cl)c(C(F)(F)F)c2)ccc1-c1nccc(Nc2cc(Br)[nH]n2)n1. The van der Waals surface area contributed by atoms with E-state index < -0.39 is 22.8 Å². The van der Waals surface area contributed by atoms with Gasteiger partial charge in [-0.2, -0.15) is 18.3 Å². The fourth-order valence-corrected chi connectivity index (χ4v) is 3.69. The first-order valence-corrected chi connectivity index (χ1v) is 11.1. The number of benzene rings is 2. The number of urea groups is 1. The van der Waals surface area contributed by atoms with Crippen LogP contribution in [0, 0.1) is 6.92 Å². The molecule has 0 aliphatic heterocycles. The van der Waals surface area contributed by atoms with E-state index in [2.05, 4.69) is 52.0 Å². The summed E-state index contributed by atoms with van der Waals surface area (Å²) in [5, 5.41) is 14.4. The monoisotopic (exact) mass is 565 g/mol. The van der Waals surface area contributed by atoms with E-state index in [9.17, 15) is 18.0 Å². The largest absolute Gasteiger partial charge is 0.417 e. The zero-order chi connectivity index (χ0) is 25.2. The molecule has 35 heavy (non-hydrogen) atoms. The normalized spacial score (nSPS) is 11.3. The number of hydrogen-bond acceptors (Lipinski definition) is 5. The Morgan fingerprint density at radius 3 is 2.40 bits per heavy atom. The lowest BCUT2D eigenvalue weighted by Gasteiger charge is -2.13. The van der Waals surface area contributed by atoms with Crippen LogP contribution >= 0.6 is 27.5 Å². The predicted octanol–water partition coefficient (Wildman–Crippen LogP) is 7.00. The molecule has 0 saturated carbocycles. The third kappa shape index (κ3) is 6.08. The van der Waals surface area contributed by atoms with Crippen molar-refractivity contribution in [1.82, 2.24) is 20.2 Å². The van der Waals surface area contributed by atoms with Crippen molar-refractivity contribution >= 4 is 56.6 Å². The third-order valence-electron chi connectivity index (χ3n) is 4.71. The molecule has 0 aliphatic rings. The van der Waals surface area contributed by atoms with Crippen LogP contribution in [0.5, 0.6) is 0 Å². The number of H-pyrrole nitrogens is 1. The summed E-state index contributed by atoms with van der Waals surface area (Å²) >= 11 is 8.90. The Kier molecular flexibility index (Phi) is 6.94. The highest BCUT2D eigenvalue weighted by Crippen LogP contribution is 2.36. The van der Waals surface area contributed by atoms with E-state index in [-0.39, 0.29) is 5.69 Å². The van der Waals surface area contributed by atoms with Gasteiger partial charge in [-0.1, -0.05) is 11.6 Å². The quantitative estimate of drug-likeness (QED) is 0.208. The molecule has 0 unspecified atom stereocenters. The summed E-state index contributed by atoms with van der Waals surface area (Å²) in [7, 11) is 0. The summed E-state index contributed by atoms with van der Waals surface area (Å²) < 4.78 is 39.8. The van der Waals surface area contributed by atoms with Gasteiger partial charge < -0.3 is 16.0 Å². The van der Waals surface area contributed by atoms with Gasteiger partial charge in [0.1, 0.15) is 10.4 Å². The predicted molar refractivity (Wildman–Crippen MR) is 131 cm³/mol. The number of aromatic amines is 1. The molecule has 0 radical (unpaired) electrons. The molecule has 8 nitrogen and oxygen atoms in total. The maximum absolute atomic E-state index is 13.0. The Morgan fingerprint density at radius 1 is 1.03 bits per heavy atom. The van der Waals surface area contributed by atoms with Gasteiger partial charge in [0.25, 0.3) is 0 Å². The van der Waals surface area contributed by atoms with Gasteiger partial charge in [-0.15, -0.1) is 0 Å². The number of nitrogens with zero attached hydrogens (tertiary/aromatic N) is 3. The van der Waals surface area contributed by atoms with Gasteiger partial charge >= 0.3 is 12.2 Å². The van der Waals surface area contributed by atoms with Gasteiger partial charge in [-0.3, -0.25) is 5.10 Å². The fraction of sp³-hybridized carbons (Fsp3) is 0.0909. The molecule has 13 heteroatoms. The van der Waals surface area contributed by atoms with Crippen molar-refractivity contribution in [3.8, 4) is 11.4 Å². The van der Waals surface area contributed by atoms with Crippen LogP contribution in [0.4, 0.5) is 41.0 Å². The second-order valence-electron chi connectivity index (χ2n) is 7.29. The standard InChI is InChI=1S/C22H16BrClF3N7O/c1-11-8-12(29-21(35)30-13-3-5-16(24)15(9-13)22(25,26)27)2-4-14(11)20-28-7-6-18(32-20)31-19-10-17(23)33-34-19/h2-10H,1H3,(H2,29,30,35)(H2,28,31,32,33,34). The molecule has 2 heterocycles. The van der Waals surface area contributed by atoms with Crippen molar-refractivity contribution in [2.75, 3.05) is 16.0 Å². The number of amides is 2. The Labute approximate surface area is 210 Å². The number of alkyl halides is 3. The number of carbonyl (C=O) groups is 1. The molecule has 2 amide bonds. The summed E-state index contributed by atoms with van der Waals surface area (Å²) in [4.78, 5) is 21.1. The first-order valence-electron chi connectivity index (χ1n) is 9.95. The minimum absolute atomic E-state index is 0.0470. The zero-order valence-electron chi connectivity index (χ0n) is 17.8. The molecule has 4 aromatic rings. The van der Waals surface area contributed by atoms with Crippen molar-refractivity contribution in [2.45, 2.75) is 13.1 Å². The van der Waals surface area contributed by atoms with E-state index in [1.807, 2.05) is 6.92 Å². The highest BCUT2D eigenvalue weighted by atomic mass is 79.9. The Morgan fingerprint density at radius 2 is 1.74 bits per heavy atom. The van der Waals surface area contributed by atoms with Crippen LogP contribution in [0.2, 0.25) is 5.02 Å². The van der Waals surface area contributed by atoms with Crippen LogP contribution in [0.3, 0.4) is 0 Å². The molecule has 180 valence electrons. The van der Waals surface area contributed by atoms with Crippen LogP contribution in [0.25, 0.3) is 11.4 Å². The maximum Gasteiger partial charge on any atom is 0.417 e. The molecule has 0 bridgehead atoms. The van der Waals surface area contributed by atoms with Crippen LogP contribution in [0.1, 0.15) is 11.1 Å². The van der Waals surface area contributed by atoms with Crippen LogP contribution < -0.4 is 16.0 Å². The minimum atomic E-state index is -4.64. The number of rotatable bonds is 5. The summed E-state index contributed by atoms with van der Waals surface area (Å²) in [6.07, 6.45) is -3.03. The van der Waals surface area contributed by atoms with Crippen molar-refractivity contribution in [3.05, 3.63) is 75.5 Å². The van der Waals surface area contributed by atoms with E-state index in [0.717, 1.165) is 23.3 Å². The first-order chi connectivity index (χ1) is 16.6. The van der Waals surface area contributed by atoms with Gasteiger partial charge in [0.2, 0.25) is 0 Å². The number of nitrogens with one attached hydrogen (secondary N) is 4. The van der Waals surface area contributed by atoms with E-state index in [1.165, 1.54) is 6.07 Å². The molecule has 0 atom stereocenters. The summed E-state index contributed by atoms with van der Waals surface area (Å²) in [5.74, 6) is 1.57. The Bertz CT molecular complexity index is 1390. The number of aryl methyl sites for hydroxylation is 1. The third-order valence-corrected chi connectivity index (χ3v) is 5.45. The fourth-order valence-electron chi connectivity index (χ4n) is 3.16. The molecule has 2 aromatic carbocycles. The van der Waals surface area contributed by atoms with E-state index in [0.29, 0.717) is 27.8 Å². The highest BCUT2D eigenvalue weighted by molar-refractivity contribution is 9.10. The maximum atomic E-state index is 13.0. The van der Waals surface area contributed by atoms with Gasteiger partial charge in [-0.25, -0.2) is 14.8 Å². The van der Waals surface area contributed by atoms with Crippen LogP contribution in [-0.4, -0.2) is 26.2 Å². The Hall–Kier alpha value is -3.64. The number of carbonyl (C=O) groups excluding carboxylic acids is 1. The molecule has 0 fully saturated rings. The second-order valence-corrected chi connectivity index (χ2v) is 8.55. The second kappa shape index (κ2) is 9.92. The lowest BCUT2D eigenvalue weighted by atomic mass is 10.1. The van der Waals surface area contributed by atoms with Gasteiger partial charge in [0.05, 0.1) is 10.6 Å². The average molecular weight is 567 g/mol.